The van der Waals surface area contributed by atoms with E-state index in [9.17, 15) is 0 Å². The van der Waals surface area contributed by atoms with Crippen LogP contribution in [0.5, 0.6) is 17.5 Å². The molecule has 0 saturated heterocycles. The summed E-state index contributed by atoms with van der Waals surface area (Å²) in [6.45, 7) is 4.68. The number of hydrogen-bond acceptors (Lipinski definition) is 6. The molecule has 1 N–H and O–H groups in total. The Morgan fingerprint density at radius 3 is 2.62 bits per heavy atom. The van der Waals surface area contributed by atoms with Gasteiger partial charge in [-0.15, -0.1) is 0 Å². The van der Waals surface area contributed by atoms with Crippen molar-refractivity contribution in [1.82, 2.24) is 15.0 Å². The lowest BCUT2D eigenvalue weighted by Crippen LogP contribution is -2.05. The molecular formula is C14H17ClN4O2. The number of hydrogen-bond donors (Lipinski definition) is 1. The van der Waals surface area contributed by atoms with Crippen LogP contribution in [-0.4, -0.2) is 28.6 Å². The maximum Gasteiger partial charge on any atom is 0.328 e. The van der Waals surface area contributed by atoms with Crippen molar-refractivity contribution >= 4 is 17.5 Å². The minimum absolute atomic E-state index is 0.0695. The molecule has 0 bridgehead atoms. The fraction of sp³-hybridized carbons (Fsp3) is 0.357. The summed E-state index contributed by atoms with van der Waals surface area (Å²) in [6.07, 6.45) is 0.915. The number of aromatic nitrogens is 3. The van der Waals surface area contributed by atoms with Crippen LogP contribution in [0, 0.1) is 0 Å². The predicted molar refractivity (Wildman–Crippen MR) is 81.4 cm³/mol. The largest absolute Gasteiger partial charge is 0.493 e. The summed E-state index contributed by atoms with van der Waals surface area (Å²) in [6, 6.07) is 5.82. The summed E-state index contributed by atoms with van der Waals surface area (Å²) in [7, 11) is 1.59. The molecule has 0 unspecified atom stereocenters. The Labute approximate surface area is 128 Å². The Hall–Kier alpha value is -2.08. The summed E-state index contributed by atoms with van der Waals surface area (Å²) in [5.74, 6) is 1.52. The number of halogens is 1. The first-order chi connectivity index (χ1) is 10.2. The second-order valence-electron chi connectivity index (χ2n) is 4.18. The Balaban J connectivity index is 2.29. The van der Waals surface area contributed by atoms with Crippen molar-refractivity contribution in [1.29, 1.82) is 0 Å². The zero-order valence-electron chi connectivity index (χ0n) is 12.2. The fourth-order valence-electron chi connectivity index (χ4n) is 1.73. The van der Waals surface area contributed by atoms with Crippen molar-refractivity contribution in [2.75, 3.05) is 19.0 Å². The van der Waals surface area contributed by atoms with E-state index in [1.54, 1.807) is 7.11 Å². The third-order valence-electron chi connectivity index (χ3n) is 2.76. The van der Waals surface area contributed by atoms with E-state index in [0.717, 1.165) is 12.0 Å². The quantitative estimate of drug-likeness (QED) is 0.883. The minimum atomic E-state index is 0.0695. The molecule has 112 valence electrons. The smallest absolute Gasteiger partial charge is 0.328 e. The second kappa shape index (κ2) is 7.08. The van der Waals surface area contributed by atoms with Gasteiger partial charge in [0.15, 0.2) is 11.5 Å². The van der Waals surface area contributed by atoms with Crippen molar-refractivity contribution < 1.29 is 9.47 Å². The first-order valence-electron chi connectivity index (χ1n) is 6.66. The summed E-state index contributed by atoms with van der Waals surface area (Å²) in [5, 5.41) is 3.03. The standard InChI is InChI=1S/C14H17ClN4O2/c1-4-9-6-7-10(11(8-9)20-3)21-14-18-12(15)17-13(19-14)16-5-2/h6-8H,4-5H2,1-3H3,(H,16,17,18,19). The molecule has 1 aromatic carbocycles. The van der Waals surface area contributed by atoms with Gasteiger partial charge < -0.3 is 14.8 Å². The summed E-state index contributed by atoms with van der Waals surface area (Å²) < 4.78 is 11.0. The lowest BCUT2D eigenvalue weighted by molar-refractivity contribution is 0.367. The number of aryl methyl sites for hydroxylation is 1. The number of ether oxygens (including phenoxy) is 2. The molecule has 0 atom stereocenters. The van der Waals surface area contributed by atoms with Crippen LogP contribution in [-0.2, 0) is 6.42 Å². The highest BCUT2D eigenvalue weighted by atomic mass is 35.5. The van der Waals surface area contributed by atoms with Gasteiger partial charge in [0.1, 0.15) is 0 Å². The molecule has 6 nitrogen and oxygen atoms in total. The van der Waals surface area contributed by atoms with E-state index in [1.165, 1.54) is 0 Å². The van der Waals surface area contributed by atoms with Crippen LogP contribution in [0.25, 0.3) is 0 Å². The molecule has 0 amide bonds. The van der Waals surface area contributed by atoms with E-state index in [1.807, 2.05) is 25.1 Å². The van der Waals surface area contributed by atoms with Gasteiger partial charge in [-0.1, -0.05) is 13.0 Å². The van der Waals surface area contributed by atoms with Crippen molar-refractivity contribution in [2.24, 2.45) is 0 Å². The van der Waals surface area contributed by atoms with Crippen molar-refractivity contribution in [3.63, 3.8) is 0 Å². The highest BCUT2D eigenvalue weighted by Crippen LogP contribution is 2.31. The van der Waals surface area contributed by atoms with Gasteiger partial charge in [0.2, 0.25) is 11.2 Å². The molecule has 0 spiro atoms. The van der Waals surface area contributed by atoms with Gasteiger partial charge in [-0.2, -0.15) is 15.0 Å². The molecule has 0 aliphatic carbocycles. The zero-order valence-corrected chi connectivity index (χ0v) is 12.9. The van der Waals surface area contributed by atoms with Crippen LogP contribution in [0.1, 0.15) is 19.4 Å². The molecule has 0 aliphatic rings. The van der Waals surface area contributed by atoms with Crippen LogP contribution in [0.3, 0.4) is 0 Å². The Bertz CT molecular complexity index is 622. The van der Waals surface area contributed by atoms with Crippen LogP contribution in [0.15, 0.2) is 18.2 Å². The average molecular weight is 309 g/mol. The van der Waals surface area contributed by atoms with Crippen molar-refractivity contribution in [3.05, 3.63) is 29.0 Å². The number of nitrogens with one attached hydrogen (secondary N) is 1. The van der Waals surface area contributed by atoms with Crippen LogP contribution in [0.4, 0.5) is 5.95 Å². The maximum atomic E-state index is 5.86. The summed E-state index contributed by atoms with van der Waals surface area (Å²) in [5.41, 5.74) is 1.15. The predicted octanol–water partition coefficient (Wildman–Crippen LogP) is 3.32. The van der Waals surface area contributed by atoms with Crippen molar-refractivity contribution in [3.8, 4) is 17.5 Å². The summed E-state index contributed by atoms with van der Waals surface area (Å²) in [4.78, 5) is 12.1. The van der Waals surface area contributed by atoms with E-state index >= 15 is 0 Å². The van der Waals surface area contributed by atoms with Crippen LogP contribution < -0.4 is 14.8 Å². The third kappa shape index (κ3) is 3.95. The molecule has 0 saturated carbocycles. The Morgan fingerprint density at radius 2 is 1.95 bits per heavy atom. The lowest BCUT2D eigenvalue weighted by Gasteiger charge is -2.11. The minimum Gasteiger partial charge on any atom is -0.493 e. The van der Waals surface area contributed by atoms with E-state index in [-0.39, 0.29) is 11.3 Å². The third-order valence-corrected chi connectivity index (χ3v) is 2.93. The lowest BCUT2D eigenvalue weighted by atomic mass is 10.1. The first kappa shape index (κ1) is 15.3. The van der Waals surface area contributed by atoms with E-state index < -0.39 is 0 Å². The van der Waals surface area contributed by atoms with Crippen molar-refractivity contribution in [2.45, 2.75) is 20.3 Å². The first-order valence-corrected chi connectivity index (χ1v) is 7.04. The van der Waals surface area contributed by atoms with Gasteiger partial charge in [0, 0.05) is 6.54 Å². The van der Waals surface area contributed by atoms with Crippen LogP contribution in [0.2, 0.25) is 5.28 Å². The molecule has 0 fully saturated rings. The van der Waals surface area contributed by atoms with Gasteiger partial charge in [0.25, 0.3) is 0 Å². The highest BCUT2D eigenvalue weighted by molar-refractivity contribution is 6.28. The SMILES string of the molecule is CCNc1nc(Cl)nc(Oc2ccc(CC)cc2OC)n1. The van der Waals surface area contributed by atoms with E-state index in [0.29, 0.717) is 24.0 Å². The number of nitrogens with zero attached hydrogens (tertiary/aromatic N) is 3. The monoisotopic (exact) mass is 308 g/mol. The van der Waals surface area contributed by atoms with Crippen LogP contribution >= 0.6 is 11.6 Å². The maximum absolute atomic E-state index is 5.86. The van der Waals surface area contributed by atoms with Gasteiger partial charge >= 0.3 is 6.01 Å². The zero-order chi connectivity index (χ0) is 15.2. The number of anilines is 1. The Morgan fingerprint density at radius 1 is 1.14 bits per heavy atom. The molecule has 1 aromatic heterocycles. The molecule has 1 heterocycles. The highest BCUT2D eigenvalue weighted by Gasteiger charge is 2.11. The number of rotatable bonds is 6. The molecule has 7 heteroatoms. The Kier molecular flexibility index (Phi) is 5.16. The van der Waals surface area contributed by atoms with E-state index in [2.05, 4.69) is 27.2 Å². The fourth-order valence-corrected chi connectivity index (χ4v) is 1.88. The molecule has 0 aliphatic heterocycles. The summed E-state index contributed by atoms with van der Waals surface area (Å²) >= 11 is 5.86. The number of methoxy groups -OCH3 is 1. The van der Waals surface area contributed by atoms with Gasteiger partial charge in [-0.05, 0) is 42.6 Å². The molecule has 2 rings (SSSR count). The van der Waals surface area contributed by atoms with E-state index in [4.69, 9.17) is 21.1 Å². The number of benzene rings is 1. The van der Waals surface area contributed by atoms with Gasteiger partial charge in [0.05, 0.1) is 7.11 Å². The molecule has 2 aromatic rings. The molecule has 0 radical (unpaired) electrons. The topological polar surface area (TPSA) is 69.2 Å². The molecular weight excluding hydrogens is 292 g/mol. The average Bonchev–Trinajstić information content (AvgIpc) is 2.47. The van der Waals surface area contributed by atoms with Gasteiger partial charge in [-0.25, -0.2) is 0 Å². The second-order valence-corrected chi connectivity index (χ2v) is 4.52. The van der Waals surface area contributed by atoms with Gasteiger partial charge in [-0.3, -0.25) is 0 Å². The normalized spacial score (nSPS) is 10.3. The molecule has 21 heavy (non-hydrogen) atoms.